The molecule has 0 amide bonds. The smallest absolute Gasteiger partial charge is 0.123 e. The molecule has 0 fully saturated rings. The van der Waals surface area contributed by atoms with E-state index in [1.165, 1.54) is 49.7 Å². The van der Waals surface area contributed by atoms with Gasteiger partial charge in [0, 0.05) is 0 Å². The van der Waals surface area contributed by atoms with E-state index in [-0.39, 0.29) is 5.82 Å². The Bertz CT molecular complexity index is 426. The average Bonchev–Trinajstić information content (AvgIpc) is 2.50. The predicted molar refractivity (Wildman–Crippen MR) is 85.0 cm³/mol. The van der Waals surface area contributed by atoms with E-state index >= 15 is 0 Å². The molecule has 0 aliphatic heterocycles. The van der Waals surface area contributed by atoms with Gasteiger partial charge in [0.25, 0.3) is 0 Å². The first-order valence-corrected chi connectivity index (χ1v) is 8.17. The summed E-state index contributed by atoms with van der Waals surface area (Å²) in [4.78, 5) is 0. The number of hydrogen-bond donors (Lipinski definition) is 0. The zero-order chi connectivity index (χ0) is 14.4. The van der Waals surface area contributed by atoms with Crippen LogP contribution in [0.5, 0.6) is 0 Å². The summed E-state index contributed by atoms with van der Waals surface area (Å²) in [5, 5.41) is 0. The number of halogens is 1. The van der Waals surface area contributed by atoms with Gasteiger partial charge in [-0.1, -0.05) is 51.3 Å². The second kappa shape index (κ2) is 7.61. The van der Waals surface area contributed by atoms with Crippen molar-refractivity contribution in [3.8, 4) is 0 Å². The summed E-state index contributed by atoms with van der Waals surface area (Å²) in [5.41, 5.74) is 2.61. The van der Waals surface area contributed by atoms with E-state index < -0.39 is 0 Å². The van der Waals surface area contributed by atoms with Crippen molar-refractivity contribution < 1.29 is 4.39 Å². The molecular weight excluding hydrogens is 247 g/mol. The Balaban J connectivity index is 1.85. The maximum Gasteiger partial charge on any atom is 0.123 e. The zero-order valence-electron chi connectivity index (χ0n) is 12.9. The molecule has 1 aromatic carbocycles. The largest absolute Gasteiger partial charge is 0.207 e. The predicted octanol–water partition coefficient (Wildman–Crippen LogP) is 6.23. The molecule has 110 valence electrons. The Labute approximate surface area is 123 Å². The maximum atomic E-state index is 12.9. The molecule has 20 heavy (non-hydrogen) atoms. The highest BCUT2D eigenvalue weighted by Gasteiger charge is 2.16. The van der Waals surface area contributed by atoms with Gasteiger partial charge in [0.15, 0.2) is 0 Å². The summed E-state index contributed by atoms with van der Waals surface area (Å²) in [6.07, 6.45) is 11.4. The molecule has 1 heteroatoms. The molecule has 1 aliphatic carbocycles. The quantitative estimate of drug-likeness (QED) is 0.577. The molecule has 1 atom stereocenters. The molecule has 2 rings (SSSR count). The van der Waals surface area contributed by atoms with Crippen LogP contribution < -0.4 is 0 Å². The molecule has 1 aliphatic rings. The lowest BCUT2D eigenvalue weighted by atomic mass is 9.82. The molecule has 1 aromatic rings. The van der Waals surface area contributed by atoms with Crippen molar-refractivity contribution >= 4 is 5.57 Å². The van der Waals surface area contributed by atoms with E-state index in [1.807, 2.05) is 12.1 Å². The minimum Gasteiger partial charge on any atom is -0.207 e. The second-order valence-electron chi connectivity index (χ2n) is 6.14. The summed E-state index contributed by atoms with van der Waals surface area (Å²) >= 11 is 0. The maximum absolute atomic E-state index is 12.9. The van der Waals surface area contributed by atoms with E-state index in [0.29, 0.717) is 0 Å². The molecule has 0 saturated carbocycles. The van der Waals surface area contributed by atoms with Crippen LogP contribution in [0.2, 0.25) is 0 Å². The Morgan fingerprint density at radius 3 is 2.40 bits per heavy atom. The van der Waals surface area contributed by atoms with Crippen LogP contribution in [0.3, 0.4) is 0 Å². The monoisotopic (exact) mass is 274 g/mol. The molecule has 0 nitrogen and oxygen atoms in total. The van der Waals surface area contributed by atoms with E-state index in [0.717, 1.165) is 18.3 Å². The molecular formula is C19H27F. The van der Waals surface area contributed by atoms with E-state index in [2.05, 4.69) is 19.9 Å². The number of rotatable bonds is 6. The summed E-state index contributed by atoms with van der Waals surface area (Å²) in [5.74, 6) is 1.63. The van der Waals surface area contributed by atoms with Gasteiger partial charge in [-0.2, -0.15) is 0 Å². The zero-order valence-corrected chi connectivity index (χ0v) is 12.9. The fourth-order valence-electron chi connectivity index (χ4n) is 3.25. The van der Waals surface area contributed by atoms with Gasteiger partial charge in [-0.25, -0.2) is 4.39 Å². The van der Waals surface area contributed by atoms with Gasteiger partial charge in [0.05, 0.1) is 0 Å². The molecule has 1 unspecified atom stereocenters. The third kappa shape index (κ3) is 4.19. The average molecular weight is 274 g/mol. The van der Waals surface area contributed by atoms with Gasteiger partial charge in [-0.05, 0) is 60.8 Å². The normalized spacial score (nSPS) is 19.2. The highest BCUT2D eigenvalue weighted by atomic mass is 19.1. The van der Waals surface area contributed by atoms with Crippen LogP contribution in [-0.4, -0.2) is 0 Å². The van der Waals surface area contributed by atoms with Crippen LogP contribution in [-0.2, 0) is 0 Å². The van der Waals surface area contributed by atoms with Crippen molar-refractivity contribution in [2.24, 2.45) is 11.8 Å². The lowest BCUT2D eigenvalue weighted by Gasteiger charge is -2.24. The Hall–Kier alpha value is -1.11. The topological polar surface area (TPSA) is 0 Å². The Kier molecular flexibility index (Phi) is 5.82. The van der Waals surface area contributed by atoms with Crippen LogP contribution in [0.4, 0.5) is 4.39 Å². The fourth-order valence-corrected chi connectivity index (χ4v) is 3.25. The molecule has 0 N–H and O–H groups in total. The van der Waals surface area contributed by atoms with Gasteiger partial charge < -0.3 is 0 Å². The lowest BCUT2D eigenvalue weighted by Crippen LogP contribution is -2.08. The summed E-state index contributed by atoms with van der Waals surface area (Å²) in [6, 6.07) is 6.95. The lowest BCUT2D eigenvalue weighted by molar-refractivity contribution is 0.361. The molecule has 0 heterocycles. The Morgan fingerprint density at radius 1 is 1.15 bits per heavy atom. The van der Waals surface area contributed by atoms with Gasteiger partial charge in [-0.15, -0.1) is 0 Å². The fraction of sp³-hybridized carbons (Fsp3) is 0.579. The van der Waals surface area contributed by atoms with Crippen molar-refractivity contribution in [1.29, 1.82) is 0 Å². The molecule has 0 saturated heterocycles. The van der Waals surface area contributed by atoms with Gasteiger partial charge >= 0.3 is 0 Å². The second-order valence-corrected chi connectivity index (χ2v) is 6.14. The standard InChI is InChI=1S/C19H27F/c1-3-15(4-2)5-6-16-7-9-17(10-8-16)18-11-13-19(20)14-12-18/h9,11-16H,3-8,10H2,1-2H3. The molecule has 0 bridgehead atoms. The SMILES string of the molecule is CCC(CC)CCC1CC=C(c2ccc(F)cc2)CC1. The van der Waals surface area contributed by atoms with Crippen molar-refractivity contribution in [3.63, 3.8) is 0 Å². The van der Waals surface area contributed by atoms with Crippen molar-refractivity contribution in [2.75, 3.05) is 0 Å². The van der Waals surface area contributed by atoms with E-state index in [9.17, 15) is 4.39 Å². The highest BCUT2D eigenvalue weighted by molar-refractivity contribution is 5.66. The van der Waals surface area contributed by atoms with Crippen LogP contribution in [0.25, 0.3) is 5.57 Å². The van der Waals surface area contributed by atoms with Gasteiger partial charge in [-0.3, -0.25) is 0 Å². The van der Waals surface area contributed by atoms with Crippen LogP contribution in [0, 0.1) is 17.7 Å². The molecule has 0 radical (unpaired) electrons. The minimum absolute atomic E-state index is 0.145. The number of benzene rings is 1. The number of hydrogen-bond acceptors (Lipinski definition) is 0. The van der Waals surface area contributed by atoms with Gasteiger partial charge in [0.1, 0.15) is 5.82 Å². The first-order valence-electron chi connectivity index (χ1n) is 8.17. The van der Waals surface area contributed by atoms with Crippen LogP contribution in [0.1, 0.15) is 64.4 Å². The van der Waals surface area contributed by atoms with Gasteiger partial charge in [0.2, 0.25) is 0 Å². The Morgan fingerprint density at radius 2 is 1.85 bits per heavy atom. The first kappa shape index (κ1) is 15.3. The van der Waals surface area contributed by atoms with Crippen LogP contribution >= 0.6 is 0 Å². The van der Waals surface area contributed by atoms with Crippen LogP contribution in [0.15, 0.2) is 30.3 Å². The third-order valence-electron chi connectivity index (χ3n) is 4.87. The summed E-state index contributed by atoms with van der Waals surface area (Å²) in [6.45, 7) is 4.61. The van der Waals surface area contributed by atoms with E-state index in [4.69, 9.17) is 0 Å². The van der Waals surface area contributed by atoms with Crippen molar-refractivity contribution in [1.82, 2.24) is 0 Å². The van der Waals surface area contributed by atoms with Crippen molar-refractivity contribution in [2.45, 2.75) is 58.8 Å². The molecule has 0 spiro atoms. The summed E-state index contributed by atoms with van der Waals surface area (Å²) < 4.78 is 12.9. The summed E-state index contributed by atoms with van der Waals surface area (Å²) in [7, 11) is 0. The minimum atomic E-state index is -0.145. The third-order valence-corrected chi connectivity index (χ3v) is 4.87. The first-order chi connectivity index (χ1) is 9.72. The van der Waals surface area contributed by atoms with E-state index in [1.54, 1.807) is 12.1 Å². The van der Waals surface area contributed by atoms with Crippen molar-refractivity contribution in [3.05, 3.63) is 41.7 Å². The number of allylic oxidation sites excluding steroid dienone is 2. The highest BCUT2D eigenvalue weighted by Crippen LogP contribution is 2.33. The molecule has 0 aromatic heterocycles.